The van der Waals surface area contributed by atoms with Crippen molar-refractivity contribution >= 4 is 5.91 Å². The minimum absolute atomic E-state index is 0.170. The van der Waals surface area contributed by atoms with Gasteiger partial charge in [-0.1, -0.05) is 60.7 Å². The average molecular weight is 392 g/mol. The van der Waals surface area contributed by atoms with Crippen LogP contribution >= 0.6 is 0 Å². The number of piperidine rings is 1. The summed E-state index contributed by atoms with van der Waals surface area (Å²) in [6.45, 7) is 7.80. The molecule has 2 aromatic carbocycles. The molecule has 154 valence electrons. The Bertz CT molecular complexity index is 756. The van der Waals surface area contributed by atoms with Crippen molar-refractivity contribution in [3.63, 3.8) is 0 Å². The number of amides is 1. The van der Waals surface area contributed by atoms with Gasteiger partial charge in [0.25, 0.3) is 0 Å². The number of nitrogens with zero attached hydrogens (tertiary/aromatic N) is 3. The zero-order valence-corrected chi connectivity index (χ0v) is 17.4. The van der Waals surface area contributed by atoms with Crippen LogP contribution in [0.5, 0.6) is 0 Å². The van der Waals surface area contributed by atoms with Crippen LogP contribution < -0.4 is 0 Å². The van der Waals surface area contributed by atoms with Crippen LogP contribution in [0.3, 0.4) is 0 Å². The van der Waals surface area contributed by atoms with Crippen molar-refractivity contribution in [1.82, 2.24) is 14.7 Å². The third kappa shape index (κ3) is 5.68. The summed E-state index contributed by atoms with van der Waals surface area (Å²) in [6, 6.07) is 21.3. The number of benzene rings is 2. The summed E-state index contributed by atoms with van der Waals surface area (Å²) >= 11 is 0. The van der Waals surface area contributed by atoms with E-state index in [1.807, 2.05) is 0 Å². The molecule has 4 nitrogen and oxygen atoms in total. The van der Waals surface area contributed by atoms with E-state index in [1.54, 1.807) is 0 Å². The molecule has 0 bridgehead atoms. The lowest BCUT2D eigenvalue weighted by Gasteiger charge is -2.39. The zero-order valence-electron chi connectivity index (χ0n) is 17.4. The molecular formula is C25H33N3O. The summed E-state index contributed by atoms with van der Waals surface area (Å²) in [4.78, 5) is 20.2. The monoisotopic (exact) mass is 391 g/mol. The van der Waals surface area contributed by atoms with Crippen molar-refractivity contribution in [1.29, 1.82) is 0 Å². The molecule has 4 rings (SSSR count). The molecule has 0 aromatic heterocycles. The minimum Gasteiger partial charge on any atom is -0.340 e. The number of hydrogen-bond acceptors (Lipinski definition) is 3. The predicted molar refractivity (Wildman–Crippen MR) is 118 cm³/mol. The van der Waals surface area contributed by atoms with Gasteiger partial charge in [0.1, 0.15) is 0 Å². The molecule has 29 heavy (non-hydrogen) atoms. The molecule has 0 spiro atoms. The largest absolute Gasteiger partial charge is 0.340 e. The molecule has 4 heteroatoms. The Morgan fingerprint density at radius 2 is 1.45 bits per heavy atom. The number of likely N-dealkylation sites (tertiary alicyclic amines) is 1. The lowest BCUT2D eigenvalue weighted by Crippen LogP contribution is -2.52. The van der Waals surface area contributed by atoms with E-state index in [0.29, 0.717) is 5.91 Å². The number of piperazine rings is 1. The maximum atomic E-state index is 13.1. The van der Waals surface area contributed by atoms with Crippen molar-refractivity contribution in [2.45, 2.75) is 25.8 Å². The SMILES string of the molecule is O=C(C1CCCN(Cc2ccccc2)C1)N1CCN(CCc2ccccc2)CC1. The summed E-state index contributed by atoms with van der Waals surface area (Å²) in [7, 11) is 0. The average Bonchev–Trinajstić information content (AvgIpc) is 2.79. The van der Waals surface area contributed by atoms with Crippen molar-refractivity contribution in [2.24, 2.45) is 5.92 Å². The predicted octanol–water partition coefficient (Wildman–Crippen LogP) is 3.29. The molecule has 1 atom stereocenters. The molecule has 2 fully saturated rings. The molecular weight excluding hydrogens is 358 g/mol. The van der Waals surface area contributed by atoms with Gasteiger partial charge in [0.05, 0.1) is 5.92 Å². The molecule has 0 saturated carbocycles. The van der Waals surface area contributed by atoms with Crippen LogP contribution in [0.1, 0.15) is 24.0 Å². The van der Waals surface area contributed by atoms with Gasteiger partial charge in [-0.25, -0.2) is 0 Å². The molecule has 2 heterocycles. The summed E-state index contributed by atoms with van der Waals surface area (Å²) in [5.41, 5.74) is 2.74. The van der Waals surface area contributed by atoms with Crippen molar-refractivity contribution in [3.8, 4) is 0 Å². The topological polar surface area (TPSA) is 26.8 Å². The highest BCUT2D eigenvalue weighted by Crippen LogP contribution is 2.21. The summed E-state index contributed by atoms with van der Waals surface area (Å²) in [5.74, 6) is 0.550. The van der Waals surface area contributed by atoms with Crippen LogP contribution in [-0.4, -0.2) is 66.4 Å². The molecule has 0 radical (unpaired) electrons. The van der Waals surface area contributed by atoms with E-state index in [9.17, 15) is 4.79 Å². The van der Waals surface area contributed by atoms with E-state index in [1.165, 1.54) is 11.1 Å². The first-order valence-corrected chi connectivity index (χ1v) is 11.1. The molecule has 2 aromatic rings. The molecule has 0 aliphatic carbocycles. The van der Waals surface area contributed by atoms with Crippen molar-refractivity contribution in [3.05, 3.63) is 71.8 Å². The second kappa shape index (κ2) is 10.0. The number of hydrogen-bond donors (Lipinski definition) is 0. The van der Waals surface area contributed by atoms with Crippen molar-refractivity contribution in [2.75, 3.05) is 45.8 Å². The number of rotatable bonds is 6. The Balaban J connectivity index is 1.22. The normalized spacial score (nSPS) is 21.2. The fourth-order valence-corrected chi connectivity index (χ4v) is 4.62. The molecule has 1 unspecified atom stereocenters. The smallest absolute Gasteiger partial charge is 0.227 e. The fraction of sp³-hybridized carbons (Fsp3) is 0.480. The molecule has 2 aliphatic heterocycles. The standard InChI is InChI=1S/C25H33N3O/c29-25(24-12-7-14-27(21-24)20-23-10-5-2-6-11-23)28-18-16-26(17-19-28)15-13-22-8-3-1-4-9-22/h1-6,8-11,24H,7,12-21H2. The Labute approximate surface area is 175 Å². The summed E-state index contributed by atoms with van der Waals surface area (Å²) < 4.78 is 0. The van der Waals surface area contributed by atoms with E-state index >= 15 is 0 Å². The Morgan fingerprint density at radius 3 is 2.14 bits per heavy atom. The van der Waals surface area contributed by atoms with Crippen LogP contribution in [-0.2, 0) is 17.8 Å². The molecule has 2 saturated heterocycles. The van der Waals surface area contributed by atoms with Crippen LogP contribution in [0.15, 0.2) is 60.7 Å². The van der Waals surface area contributed by atoms with E-state index in [-0.39, 0.29) is 5.92 Å². The second-order valence-electron chi connectivity index (χ2n) is 8.46. The number of carbonyl (C=O) groups is 1. The van der Waals surface area contributed by atoms with E-state index in [2.05, 4.69) is 75.4 Å². The Morgan fingerprint density at radius 1 is 0.793 bits per heavy atom. The third-order valence-electron chi connectivity index (χ3n) is 6.35. The third-order valence-corrected chi connectivity index (χ3v) is 6.35. The minimum atomic E-state index is 0.170. The Hall–Kier alpha value is -2.17. The maximum absolute atomic E-state index is 13.1. The highest BCUT2D eigenvalue weighted by atomic mass is 16.2. The van der Waals surface area contributed by atoms with Gasteiger partial charge >= 0.3 is 0 Å². The first-order valence-electron chi connectivity index (χ1n) is 11.1. The summed E-state index contributed by atoms with van der Waals surface area (Å²) in [6.07, 6.45) is 3.25. The lowest BCUT2D eigenvalue weighted by molar-refractivity contribution is -0.139. The van der Waals surface area contributed by atoms with Crippen LogP contribution in [0.25, 0.3) is 0 Å². The van der Waals surface area contributed by atoms with Crippen LogP contribution in [0.2, 0.25) is 0 Å². The van der Waals surface area contributed by atoms with Crippen LogP contribution in [0.4, 0.5) is 0 Å². The first-order chi connectivity index (χ1) is 14.3. The van der Waals surface area contributed by atoms with Crippen molar-refractivity contribution < 1.29 is 4.79 Å². The highest BCUT2D eigenvalue weighted by Gasteiger charge is 2.30. The van der Waals surface area contributed by atoms with E-state index in [4.69, 9.17) is 0 Å². The summed E-state index contributed by atoms with van der Waals surface area (Å²) in [5, 5.41) is 0. The lowest BCUT2D eigenvalue weighted by atomic mass is 9.95. The maximum Gasteiger partial charge on any atom is 0.227 e. The molecule has 2 aliphatic rings. The van der Waals surface area contributed by atoms with E-state index in [0.717, 1.165) is 71.6 Å². The zero-order chi connectivity index (χ0) is 19.9. The van der Waals surface area contributed by atoms with Gasteiger partial charge in [-0.3, -0.25) is 14.6 Å². The van der Waals surface area contributed by atoms with Gasteiger partial charge in [0, 0.05) is 45.8 Å². The van der Waals surface area contributed by atoms with Crippen LogP contribution in [0, 0.1) is 5.92 Å². The highest BCUT2D eigenvalue weighted by molar-refractivity contribution is 5.79. The van der Waals surface area contributed by atoms with Gasteiger partial charge in [-0.05, 0) is 36.9 Å². The fourth-order valence-electron chi connectivity index (χ4n) is 4.62. The van der Waals surface area contributed by atoms with Gasteiger partial charge in [-0.2, -0.15) is 0 Å². The van der Waals surface area contributed by atoms with E-state index < -0.39 is 0 Å². The van der Waals surface area contributed by atoms with Gasteiger partial charge in [-0.15, -0.1) is 0 Å². The van der Waals surface area contributed by atoms with Gasteiger partial charge < -0.3 is 4.90 Å². The molecule has 0 N–H and O–H groups in total. The quantitative estimate of drug-likeness (QED) is 0.756. The Kier molecular flexibility index (Phi) is 6.96. The first kappa shape index (κ1) is 20.1. The number of carbonyl (C=O) groups excluding carboxylic acids is 1. The van der Waals surface area contributed by atoms with Gasteiger partial charge in [0.2, 0.25) is 5.91 Å². The molecule has 1 amide bonds. The van der Waals surface area contributed by atoms with Gasteiger partial charge in [0.15, 0.2) is 0 Å². The second-order valence-corrected chi connectivity index (χ2v) is 8.46.